The minimum atomic E-state index is -0.207. The molecule has 132 valence electrons. The molecule has 0 fully saturated rings. The minimum Gasteiger partial charge on any atom is -0.504 e. The highest BCUT2D eigenvalue weighted by molar-refractivity contribution is 9.10. The molecule has 3 aromatic rings. The van der Waals surface area contributed by atoms with Crippen molar-refractivity contribution in [2.75, 3.05) is 12.4 Å². The number of ether oxygens (including phenoxy) is 1. The second-order valence-electron chi connectivity index (χ2n) is 6.06. The second-order valence-corrected chi connectivity index (χ2v) is 6.98. The van der Waals surface area contributed by atoms with Crippen LogP contribution in [0.4, 0.5) is 5.82 Å². The van der Waals surface area contributed by atoms with E-state index in [-0.39, 0.29) is 24.0 Å². The summed E-state index contributed by atoms with van der Waals surface area (Å²) < 4.78 is 8.00. The van der Waals surface area contributed by atoms with Crippen LogP contribution in [0.1, 0.15) is 23.6 Å². The van der Waals surface area contributed by atoms with Crippen molar-refractivity contribution >= 4 is 27.7 Å². The van der Waals surface area contributed by atoms with Gasteiger partial charge in [0.05, 0.1) is 12.8 Å². The Morgan fingerprint density at radius 1 is 1.31 bits per heavy atom. The number of hydrogen-bond donors (Lipinski definition) is 2. The Kier molecular flexibility index (Phi) is 4.16. The van der Waals surface area contributed by atoms with Crippen molar-refractivity contribution in [3.05, 3.63) is 64.5 Å². The zero-order valence-corrected chi connectivity index (χ0v) is 15.5. The van der Waals surface area contributed by atoms with E-state index < -0.39 is 0 Å². The number of phenols is 1. The molecule has 2 N–H and O–H groups in total. The van der Waals surface area contributed by atoms with E-state index in [1.807, 2.05) is 28.8 Å². The Morgan fingerprint density at radius 3 is 2.92 bits per heavy atom. The molecule has 7 heteroatoms. The van der Waals surface area contributed by atoms with Gasteiger partial charge in [-0.15, -0.1) is 0 Å². The molecule has 0 unspecified atom stereocenters. The zero-order chi connectivity index (χ0) is 18.3. The van der Waals surface area contributed by atoms with Gasteiger partial charge in [0.25, 0.3) is 0 Å². The third kappa shape index (κ3) is 2.84. The highest BCUT2D eigenvalue weighted by atomic mass is 79.9. The fourth-order valence-corrected chi connectivity index (χ4v) is 3.60. The first kappa shape index (κ1) is 16.7. The molecule has 0 bridgehead atoms. The van der Waals surface area contributed by atoms with Gasteiger partial charge < -0.3 is 15.2 Å². The van der Waals surface area contributed by atoms with Gasteiger partial charge >= 0.3 is 0 Å². The molecular formula is C19H16BrN3O3. The van der Waals surface area contributed by atoms with E-state index in [0.717, 1.165) is 21.4 Å². The van der Waals surface area contributed by atoms with Crippen LogP contribution in [0, 0.1) is 0 Å². The van der Waals surface area contributed by atoms with Crippen molar-refractivity contribution in [3.63, 3.8) is 0 Å². The topological polar surface area (TPSA) is 76.4 Å². The Hall–Kier alpha value is -2.80. The van der Waals surface area contributed by atoms with Gasteiger partial charge in [-0.25, -0.2) is 4.98 Å². The Balaban J connectivity index is 1.81. The molecule has 2 heterocycles. The summed E-state index contributed by atoms with van der Waals surface area (Å²) in [6.45, 7) is 0. The molecule has 1 amide bonds. The Bertz CT molecular complexity index is 999. The monoisotopic (exact) mass is 413 g/mol. The van der Waals surface area contributed by atoms with E-state index in [9.17, 15) is 9.90 Å². The van der Waals surface area contributed by atoms with Crippen molar-refractivity contribution in [1.29, 1.82) is 0 Å². The quantitative estimate of drug-likeness (QED) is 0.683. The van der Waals surface area contributed by atoms with E-state index in [4.69, 9.17) is 4.74 Å². The largest absolute Gasteiger partial charge is 0.504 e. The molecule has 6 nitrogen and oxygen atoms in total. The van der Waals surface area contributed by atoms with Crippen LogP contribution in [0.5, 0.6) is 11.5 Å². The maximum Gasteiger partial charge on any atom is 0.226 e. The van der Waals surface area contributed by atoms with E-state index >= 15 is 0 Å². The van der Waals surface area contributed by atoms with Crippen LogP contribution in [0.25, 0.3) is 5.69 Å². The fourth-order valence-electron chi connectivity index (χ4n) is 3.22. The lowest BCUT2D eigenvalue weighted by Gasteiger charge is -2.23. The molecule has 26 heavy (non-hydrogen) atoms. The number of nitrogens with one attached hydrogen (secondary N) is 1. The predicted molar refractivity (Wildman–Crippen MR) is 101 cm³/mol. The fraction of sp³-hybridized carbons (Fsp3) is 0.158. The van der Waals surface area contributed by atoms with Gasteiger partial charge in [0.15, 0.2) is 11.5 Å². The molecule has 2 aromatic carbocycles. The first-order valence-electron chi connectivity index (χ1n) is 8.06. The number of aromatic hydroxyl groups is 1. The molecular weight excluding hydrogens is 398 g/mol. The summed E-state index contributed by atoms with van der Waals surface area (Å²) in [7, 11) is 1.50. The van der Waals surface area contributed by atoms with Crippen molar-refractivity contribution in [2.45, 2.75) is 12.3 Å². The molecule has 1 aromatic heterocycles. The smallest absolute Gasteiger partial charge is 0.226 e. The molecule has 0 aliphatic carbocycles. The van der Waals surface area contributed by atoms with Crippen molar-refractivity contribution in [2.24, 2.45) is 0 Å². The number of carbonyl (C=O) groups excluding carboxylic acids is 1. The van der Waals surface area contributed by atoms with E-state index in [1.165, 1.54) is 7.11 Å². The number of amides is 1. The predicted octanol–water partition coefficient (Wildman–Crippen LogP) is 3.82. The van der Waals surface area contributed by atoms with Crippen LogP contribution in [0.2, 0.25) is 0 Å². The van der Waals surface area contributed by atoms with Gasteiger partial charge in [0, 0.05) is 22.5 Å². The summed E-state index contributed by atoms with van der Waals surface area (Å²) in [5, 5.41) is 12.8. The lowest BCUT2D eigenvalue weighted by atomic mass is 9.89. The number of benzene rings is 2. The minimum absolute atomic E-state index is 0.0661. The first-order chi connectivity index (χ1) is 12.6. The number of phenolic OH excluding ortho intramolecular Hbond substituents is 1. The summed E-state index contributed by atoms with van der Waals surface area (Å²) in [5.74, 6) is 0.821. The van der Waals surface area contributed by atoms with Crippen molar-refractivity contribution in [1.82, 2.24) is 9.55 Å². The molecule has 0 saturated carbocycles. The molecule has 0 saturated heterocycles. The Labute approximate surface area is 158 Å². The second kappa shape index (κ2) is 6.49. The van der Waals surface area contributed by atoms with Crippen LogP contribution in [0.3, 0.4) is 0 Å². The summed E-state index contributed by atoms with van der Waals surface area (Å²) in [4.78, 5) is 16.9. The first-order valence-corrected chi connectivity index (χ1v) is 8.86. The normalized spacial score (nSPS) is 16.1. The average Bonchev–Trinajstić information content (AvgIpc) is 3.05. The molecule has 0 spiro atoms. The number of methoxy groups -OCH3 is 1. The van der Waals surface area contributed by atoms with Gasteiger partial charge in [0.2, 0.25) is 5.91 Å². The van der Waals surface area contributed by atoms with Gasteiger partial charge in [-0.1, -0.05) is 28.1 Å². The Morgan fingerprint density at radius 2 is 2.15 bits per heavy atom. The number of anilines is 1. The maximum absolute atomic E-state index is 12.3. The van der Waals surface area contributed by atoms with Crippen LogP contribution in [0.15, 0.2) is 53.3 Å². The highest BCUT2D eigenvalue weighted by Gasteiger charge is 2.31. The number of halogens is 1. The highest BCUT2D eigenvalue weighted by Crippen LogP contribution is 2.40. The van der Waals surface area contributed by atoms with Gasteiger partial charge in [-0.05, 0) is 35.9 Å². The molecule has 0 radical (unpaired) electrons. The van der Waals surface area contributed by atoms with Crippen LogP contribution < -0.4 is 10.1 Å². The van der Waals surface area contributed by atoms with E-state index in [1.54, 1.807) is 24.5 Å². The molecule has 4 rings (SSSR count). The third-order valence-corrected chi connectivity index (χ3v) is 4.96. The number of aromatic nitrogens is 2. The summed E-state index contributed by atoms with van der Waals surface area (Å²) in [6, 6.07) is 12.9. The van der Waals surface area contributed by atoms with Gasteiger partial charge in [-0.3, -0.25) is 9.36 Å². The van der Waals surface area contributed by atoms with E-state index in [2.05, 4.69) is 26.2 Å². The summed E-state index contributed by atoms with van der Waals surface area (Å²) in [5.41, 5.74) is 2.56. The van der Waals surface area contributed by atoms with Gasteiger partial charge in [0.1, 0.15) is 12.1 Å². The SMILES string of the molecule is COc1cc([C@@H]2CC(=O)Nc3c2ncn3-c2cccc(Br)c2)ccc1O. The lowest BCUT2D eigenvalue weighted by Crippen LogP contribution is -2.24. The number of imidazole rings is 1. The summed E-state index contributed by atoms with van der Waals surface area (Å²) >= 11 is 3.47. The van der Waals surface area contributed by atoms with Crippen LogP contribution >= 0.6 is 15.9 Å². The lowest BCUT2D eigenvalue weighted by molar-refractivity contribution is -0.116. The molecule has 1 aliphatic rings. The van der Waals surface area contributed by atoms with Crippen molar-refractivity contribution in [3.8, 4) is 17.2 Å². The standard InChI is InChI=1S/C19H16BrN3O3/c1-26-16-7-11(5-6-15(16)24)14-9-17(25)22-19-18(14)21-10-23(19)13-4-2-3-12(20)8-13/h2-8,10,14,24H,9H2,1H3,(H,22,25)/t14-/m0/s1. The molecule has 1 atom stereocenters. The number of carbonyl (C=O) groups is 1. The number of hydrogen-bond acceptors (Lipinski definition) is 4. The van der Waals surface area contributed by atoms with Crippen LogP contribution in [-0.4, -0.2) is 27.7 Å². The summed E-state index contributed by atoms with van der Waals surface area (Å²) in [6.07, 6.45) is 2.00. The van der Waals surface area contributed by atoms with Crippen LogP contribution in [-0.2, 0) is 4.79 Å². The average molecular weight is 414 g/mol. The van der Waals surface area contributed by atoms with E-state index in [0.29, 0.717) is 11.6 Å². The number of fused-ring (bicyclic) bond motifs is 1. The zero-order valence-electron chi connectivity index (χ0n) is 13.9. The number of nitrogens with zero attached hydrogens (tertiary/aromatic N) is 2. The van der Waals surface area contributed by atoms with Crippen molar-refractivity contribution < 1.29 is 14.6 Å². The number of rotatable bonds is 3. The van der Waals surface area contributed by atoms with Gasteiger partial charge in [-0.2, -0.15) is 0 Å². The maximum atomic E-state index is 12.3. The molecule has 1 aliphatic heterocycles. The third-order valence-electron chi connectivity index (χ3n) is 4.47.